The standard InChI is InChI=1S/C10H18N6/c1-9-7-13-6-3-10(9,8-11)14-4-2-5-15-16-12/h9,13-14H,2-7H2,1H3. The van der Waals surface area contributed by atoms with Crippen LogP contribution in [0.25, 0.3) is 10.4 Å². The molecule has 2 N–H and O–H groups in total. The summed E-state index contributed by atoms with van der Waals surface area (Å²) in [5, 5.41) is 19.3. The van der Waals surface area contributed by atoms with Gasteiger partial charge in [0.15, 0.2) is 0 Å². The van der Waals surface area contributed by atoms with Gasteiger partial charge in [0.25, 0.3) is 0 Å². The topological polar surface area (TPSA) is 96.6 Å². The van der Waals surface area contributed by atoms with Gasteiger partial charge in [-0.25, -0.2) is 0 Å². The summed E-state index contributed by atoms with van der Waals surface area (Å²) in [6.45, 7) is 5.03. The van der Waals surface area contributed by atoms with E-state index in [4.69, 9.17) is 5.53 Å². The lowest BCUT2D eigenvalue weighted by Gasteiger charge is -2.38. The highest BCUT2D eigenvalue weighted by Crippen LogP contribution is 2.23. The molecule has 1 saturated heterocycles. The summed E-state index contributed by atoms with van der Waals surface area (Å²) in [4.78, 5) is 2.69. The molecule has 0 amide bonds. The van der Waals surface area contributed by atoms with Crippen molar-refractivity contribution in [2.45, 2.75) is 25.3 Å². The first kappa shape index (κ1) is 12.8. The summed E-state index contributed by atoms with van der Waals surface area (Å²) in [6.07, 6.45) is 1.60. The summed E-state index contributed by atoms with van der Waals surface area (Å²) in [5.41, 5.74) is 7.72. The number of rotatable bonds is 5. The van der Waals surface area contributed by atoms with Gasteiger partial charge in [-0.2, -0.15) is 5.26 Å². The van der Waals surface area contributed by atoms with Gasteiger partial charge in [-0.15, -0.1) is 0 Å². The summed E-state index contributed by atoms with van der Waals surface area (Å²) < 4.78 is 0. The van der Waals surface area contributed by atoms with Gasteiger partial charge in [0.2, 0.25) is 0 Å². The average molecular weight is 222 g/mol. The van der Waals surface area contributed by atoms with Gasteiger partial charge >= 0.3 is 0 Å². The summed E-state index contributed by atoms with van der Waals surface area (Å²) >= 11 is 0. The van der Waals surface area contributed by atoms with Crippen LogP contribution in [-0.4, -0.2) is 31.7 Å². The van der Waals surface area contributed by atoms with Gasteiger partial charge in [0, 0.05) is 23.9 Å². The Morgan fingerprint density at radius 2 is 2.56 bits per heavy atom. The number of nitrogens with one attached hydrogen (secondary N) is 2. The normalized spacial score (nSPS) is 29.1. The highest BCUT2D eigenvalue weighted by Gasteiger charge is 2.37. The van der Waals surface area contributed by atoms with E-state index in [0.29, 0.717) is 12.5 Å². The molecule has 1 rings (SSSR count). The molecule has 0 bridgehead atoms. The largest absolute Gasteiger partial charge is 0.316 e. The zero-order chi connectivity index (χ0) is 11.9. The number of nitrogens with zero attached hydrogens (tertiary/aromatic N) is 4. The van der Waals surface area contributed by atoms with E-state index in [-0.39, 0.29) is 0 Å². The predicted molar refractivity (Wildman–Crippen MR) is 61.6 cm³/mol. The van der Waals surface area contributed by atoms with Crippen LogP contribution in [0.5, 0.6) is 0 Å². The Bertz CT molecular complexity index is 303. The van der Waals surface area contributed by atoms with Crippen molar-refractivity contribution in [1.82, 2.24) is 10.6 Å². The van der Waals surface area contributed by atoms with Gasteiger partial charge < -0.3 is 5.32 Å². The quantitative estimate of drug-likeness (QED) is 0.316. The van der Waals surface area contributed by atoms with E-state index in [0.717, 1.165) is 32.5 Å². The molecule has 88 valence electrons. The summed E-state index contributed by atoms with van der Waals surface area (Å²) in [5.74, 6) is 0.297. The monoisotopic (exact) mass is 222 g/mol. The van der Waals surface area contributed by atoms with Gasteiger partial charge in [0.05, 0.1) is 6.07 Å². The minimum atomic E-state index is -0.415. The van der Waals surface area contributed by atoms with Gasteiger partial charge in [-0.1, -0.05) is 12.0 Å². The van der Waals surface area contributed by atoms with Crippen LogP contribution in [-0.2, 0) is 0 Å². The fourth-order valence-electron chi connectivity index (χ4n) is 2.00. The number of hydrogen-bond acceptors (Lipinski definition) is 4. The van der Waals surface area contributed by atoms with E-state index in [1.54, 1.807) is 0 Å². The molecule has 0 aromatic rings. The molecule has 0 aromatic heterocycles. The van der Waals surface area contributed by atoms with Crippen molar-refractivity contribution >= 4 is 0 Å². The van der Waals surface area contributed by atoms with Crippen LogP contribution >= 0.6 is 0 Å². The second-order valence-corrected chi connectivity index (χ2v) is 4.17. The number of azide groups is 1. The number of nitriles is 1. The maximum Gasteiger partial charge on any atom is 0.111 e. The second-order valence-electron chi connectivity index (χ2n) is 4.17. The maximum atomic E-state index is 9.29. The fourth-order valence-corrected chi connectivity index (χ4v) is 2.00. The Kier molecular flexibility index (Phi) is 5.06. The lowest BCUT2D eigenvalue weighted by atomic mass is 9.80. The van der Waals surface area contributed by atoms with Gasteiger partial charge in [-0.05, 0) is 31.5 Å². The van der Waals surface area contributed by atoms with Crippen molar-refractivity contribution in [2.24, 2.45) is 11.0 Å². The molecule has 0 spiro atoms. The van der Waals surface area contributed by atoms with Crippen LogP contribution in [0.3, 0.4) is 0 Å². The van der Waals surface area contributed by atoms with E-state index in [2.05, 4.69) is 33.7 Å². The lowest BCUT2D eigenvalue weighted by molar-refractivity contribution is 0.227. The fraction of sp³-hybridized carbons (Fsp3) is 0.900. The molecular formula is C10H18N6. The molecule has 1 heterocycles. The van der Waals surface area contributed by atoms with E-state index in [1.807, 2.05) is 0 Å². The van der Waals surface area contributed by atoms with Crippen molar-refractivity contribution in [3.8, 4) is 6.07 Å². The average Bonchev–Trinajstić information content (AvgIpc) is 2.31. The molecule has 0 aliphatic carbocycles. The highest BCUT2D eigenvalue weighted by atomic mass is 15.1. The Labute approximate surface area is 95.6 Å². The first-order valence-corrected chi connectivity index (χ1v) is 5.63. The first-order valence-electron chi connectivity index (χ1n) is 5.63. The molecule has 0 aromatic carbocycles. The zero-order valence-corrected chi connectivity index (χ0v) is 9.61. The molecule has 6 heteroatoms. The molecular weight excluding hydrogens is 204 g/mol. The van der Waals surface area contributed by atoms with Crippen LogP contribution in [0.4, 0.5) is 0 Å². The van der Waals surface area contributed by atoms with Crippen LogP contribution < -0.4 is 10.6 Å². The van der Waals surface area contributed by atoms with E-state index in [1.165, 1.54) is 0 Å². The van der Waals surface area contributed by atoms with Crippen molar-refractivity contribution in [3.63, 3.8) is 0 Å². The minimum Gasteiger partial charge on any atom is -0.316 e. The molecule has 0 saturated carbocycles. The maximum absolute atomic E-state index is 9.29. The predicted octanol–water partition coefficient (Wildman–Crippen LogP) is 1.17. The van der Waals surface area contributed by atoms with Crippen LogP contribution in [0.1, 0.15) is 19.8 Å². The van der Waals surface area contributed by atoms with E-state index in [9.17, 15) is 5.26 Å². The highest BCUT2D eigenvalue weighted by molar-refractivity contribution is 5.12. The van der Waals surface area contributed by atoms with Crippen molar-refractivity contribution in [1.29, 1.82) is 5.26 Å². The Balaban J connectivity index is 2.41. The van der Waals surface area contributed by atoms with Crippen molar-refractivity contribution in [2.75, 3.05) is 26.2 Å². The second kappa shape index (κ2) is 6.33. The van der Waals surface area contributed by atoms with E-state index >= 15 is 0 Å². The van der Waals surface area contributed by atoms with Crippen molar-refractivity contribution in [3.05, 3.63) is 10.4 Å². The molecule has 2 atom stereocenters. The van der Waals surface area contributed by atoms with Gasteiger partial charge in [0.1, 0.15) is 5.54 Å². The minimum absolute atomic E-state index is 0.297. The van der Waals surface area contributed by atoms with E-state index < -0.39 is 5.54 Å². The third-order valence-corrected chi connectivity index (χ3v) is 3.13. The SMILES string of the molecule is CC1CNCCC1(C#N)NCCCN=[N+]=[N-]. The Morgan fingerprint density at radius 3 is 3.19 bits per heavy atom. The molecule has 1 aliphatic heterocycles. The van der Waals surface area contributed by atoms with Crippen LogP contribution in [0.2, 0.25) is 0 Å². The molecule has 0 radical (unpaired) electrons. The lowest BCUT2D eigenvalue weighted by Crippen LogP contribution is -2.57. The van der Waals surface area contributed by atoms with Crippen LogP contribution in [0, 0.1) is 17.2 Å². The van der Waals surface area contributed by atoms with Crippen molar-refractivity contribution < 1.29 is 0 Å². The third kappa shape index (κ3) is 3.11. The smallest absolute Gasteiger partial charge is 0.111 e. The Morgan fingerprint density at radius 1 is 1.75 bits per heavy atom. The molecule has 16 heavy (non-hydrogen) atoms. The Hall–Kier alpha value is -1.28. The molecule has 6 nitrogen and oxygen atoms in total. The van der Waals surface area contributed by atoms with Crippen LogP contribution in [0.15, 0.2) is 5.11 Å². The summed E-state index contributed by atoms with van der Waals surface area (Å²) in [6, 6.07) is 2.40. The third-order valence-electron chi connectivity index (χ3n) is 3.13. The summed E-state index contributed by atoms with van der Waals surface area (Å²) in [7, 11) is 0. The molecule has 1 aliphatic rings. The number of hydrogen-bond donors (Lipinski definition) is 2. The zero-order valence-electron chi connectivity index (χ0n) is 9.61. The first-order chi connectivity index (χ1) is 7.75. The number of piperidine rings is 1. The molecule has 2 unspecified atom stereocenters. The molecule has 1 fully saturated rings. The van der Waals surface area contributed by atoms with Gasteiger partial charge in [-0.3, -0.25) is 5.32 Å².